The van der Waals surface area contributed by atoms with Crippen LogP contribution < -0.4 is 16.0 Å². The molecule has 1 unspecified atom stereocenters. The number of anilines is 2. The van der Waals surface area contributed by atoms with Crippen molar-refractivity contribution in [3.63, 3.8) is 0 Å². The second kappa shape index (κ2) is 13.7. The molecule has 3 aromatic carbocycles. The maximum absolute atomic E-state index is 13.2. The van der Waals surface area contributed by atoms with E-state index in [9.17, 15) is 14.4 Å². The van der Waals surface area contributed by atoms with Crippen molar-refractivity contribution >= 4 is 58.5 Å². The minimum atomic E-state index is -0.524. The zero-order chi connectivity index (χ0) is 28.5. The third-order valence-corrected chi connectivity index (χ3v) is 7.60. The Labute approximate surface area is 242 Å². The molecule has 1 atom stereocenters. The average Bonchev–Trinajstić information content (AvgIpc) is 3.47. The number of furan rings is 1. The van der Waals surface area contributed by atoms with Gasteiger partial charge in [-0.15, -0.1) is 11.8 Å². The molecule has 1 heterocycles. The maximum Gasteiger partial charge on any atom is 0.272 e. The number of hydrogen-bond acceptors (Lipinski definition) is 5. The van der Waals surface area contributed by atoms with Crippen LogP contribution in [0.15, 0.2) is 106 Å². The molecule has 204 valence electrons. The molecule has 0 bridgehead atoms. The first kappa shape index (κ1) is 28.7. The van der Waals surface area contributed by atoms with Gasteiger partial charge in [0.25, 0.3) is 11.8 Å². The normalized spacial score (nSPS) is 11.9. The molecule has 3 N–H and O–H groups in total. The maximum atomic E-state index is 13.2. The summed E-state index contributed by atoms with van der Waals surface area (Å²) >= 11 is 7.59. The molecule has 7 nitrogen and oxygen atoms in total. The zero-order valence-corrected chi connectivity index (χ0v) is 23.5. The van der Waals surface area contributed by atoms with E-state index >= 15 is 0 Å². The predicted octanol–water partition coefficient (Wildman–Crippen LogP) is 7.16. The van der Waals surface area contributed by atoms with Gasteiger partial charge in [0, 0.05) is 32.9 Å². The van der Waals surface area contributed by atoms with Gasteiger partial charge in [-0.25, -0.2) is 0 Å². The summed E-state index contributed by atoms with van der Waals surface area (Å²) in [5.74, 6) is -0.683. The summed E-state index contributed by atoms with van der Waals surface area (Å²) in [6.45, 7) is 3.84. The minimum absolute atomic E-state index is 0.0180. The number of nitrogens with one attached hydrogen (secondary N) is 3. The molecule has 1 aromatic heterocycles. The summed E-state index contributed by atoms with van der Waals surface area (Å²) in [4.78, 5) is 39.8. The van der Waals surface area contributed by atoms with Crippen LogP contribution in [0.1, 0.15) is 35.0 Å². The van der Waals surface area contributed by atoms with Crippen molar-refractivity contribution in [1.29, 1.82) is 0 Å². The Morgan fingerprint density at radius 1 is 0.925 bits per heavy atom. The van der Waals surface area contributed by atoms with Crippen molar-refractivity contribution in [3.8, 4) is 0 Å². The van der Waals surface area contributed by atoms with Gasteiger partial charge in [0.05, 0.1) is 11.5 Å². The van der Waals surface area contributed by atoms with E-state index in [0.717, 1.165) is 10.5 Å². The molecule has 4 aromatic rings. The molecule has 3 amide bonds. The van der Waals surface area contributed by atoms with Gasteiger partial charge in [-0.05, 0) is 73.5 Å². The Bertz CT molecular complexity index is 1520. The number of thioether (sulfide) groups is 1. The largest absolute Gasteiger partial charge is 0.465 e. The molecular formula is C31H28ClN3O4S. The fraction of sp³-hybridized carbons (Fsp3) is 0.129. The summed E-state index contributed by atoms with van der Waals surface area (Å²) in [5, 5.41) is 8.65. The fourth-order valence-corrected chi connectivity index (χ4v) is 4.88. The molecule has 0 fully saturated rings. The summed E-state index contributed by atoms with van der Waals surface area (Å²) < 4.78 is 5.35. The number of carbonyl (C=O) groups excluding carboxylic acids is 3. The van der Waals surface area contributed by atoms with Crippen LogP contribution in [-0.4, -0.2) is 23.0 Å². The molecule has 4 rings (SSSR count). The van der Waals surface area contributed by atoms with Gasteiger partial charge in [-0.2, -0.15) is 0 Å². The van der Waals surface area contributed by atoms with Gasteiger partial charge in [0.15, 0.2) is 0 Å². The van der Waals surface area contributed by atoms with Gasteiger partial charge in [-0.1, -0.05) is 48.9 Å². The Morgan fingerprint density at radius 3 is 2.40 bits per heavy atom. The number of hydrogen-bond donors (Lipinski definition) is 3. The van der Waals surface area contributed by atoms with Crippen molar-refractivity contribution in [2.45, 2.75) is 30.4 Å². The van der Waals surface area contributed by atoms with E-state index in [1.54, 1.807) is 66.7 Å². The van der Waals surface area contributed by atoms with Crippen molar-refractivity contribution in [2.75, 3.05) is 10.6 Å². The first-order valence-electron chi connectivity index (χ1n) is 12.6. The second-order valence-electron chi connectivity index (χ2n) is 8.84. The Morgan fingerprint density at radius 2 is 1.70 bits per heavy atom. The summed E-state index contributed by atoms with van der Waals surface area (Å²) in [7, 11) is 0. The van der Waals surface area contributed by atoms with E-state index in [-0.39, 0.29) is 16.9 Å². The Balaban J connectivity index is 1.46. The smallest absolute Gasteiger partial charge is 0.272 e. The zero-order valence-electron chi connectivity index (χ0n) is 21.9. The Kier molecular flexibility index (Phi) is 9.83. The van der Waals surface area contributed by atoms with Gasteiger partial charge in [-0.3, -0.25) is 14.4 Å². The molecular weight excluding hydrogens is 546 g/mol. The van der Waals surface area contributed by atoms with Gasteiger partial charge in [0.1, 0.15) is 11.5 Å². The Hall–Kier alpha value is -4.27. The number of carbonyl (C=O) groups is 3. The highest BCUT2D eigenvalue weighted by Gasteiger charge is 2.20. The van der Waals surface area contributed by atoms with Gasteiger partial charge >= 0.3 is 0 Å². The van der Waals surface area contributed by atoms with Crippen molar-refractivity contribution in [3.05, 3.63) is 119 Å². The van der Waals surface area contributed by atoms with Crippen LogP contribution in [0, 0.1) is 6.92 Å². The lowest BCUT2D eigenvalue weighted by atomic mass is 10.2. The standard InChI is InChI=1S/C31H28ClN3O4S/c1-3-28(31(38)34-23-15-14-20(2)26(32)18-23)40-25-13-7-11-22(17-25)33-30(37)27(19-24-12-8-16-39-24)35-29(36)21-9-5-4-6-10-21/h4-19,28H,3H2,1-2H3,(H,33,37)(H,34,38)(H,35,36)/b27-19-. The van der Waals surface area contributed by atoms with Crippen molar-refractivity contribution in [2.24, 2.45) is 0 Å². The van der Waals surface area contributed by atoms with E-state index in [4.69, 9.17) is 16.0 Å². The van der Waals surface area contributed by atoms with Gasteiger partial charge in [0.2, 0.25) is 5.91 Å². The fourth-order valence-electron chi connectivity index (χ4n) is 3.68. The van der Waals surface area contributed by atoms with E-state index < -0.39 is 11.8 Å². The molecule has 0 spiro atoms. The van der Waals surface area contributed by atoms with Crippen LogP contribution in [0.4, 0.5) is 11.4 Å². The van der Waals surface area contributed by atoms with E-state index in [0.29, 0.717) is 34.1 Å². The highest BCUT2D eigenvalue weighted by atomic mass is 35.5. The van der Waals surface area contributed by atoms with Crippen LogP contribution in [0.2, 0.25) is 5.02 Å². The number of amides is 3. The van der Waals surface area contributed by atoms with Crippen LogP contribution in [0.25, 0.3) is 6.08 Å². The minimum Gasteiger partial charge on any atom is -0.465 e. The summed E-state index contributed by atoms with van der Waals surface area (Å²) in [6, 6.07) is 24.6. The molecule has 0 saturated heterocycles. The summed E-state index contributed by atoms with van der Waals surface area (Å²) in [6.07, 6.45) is 3.53. The number of rotatable bonds is 10. The van der Waals surface area contributed by atoms with Crippen LogP contribution in [0.3, 0.4) is 0 Å². The average molecular weight is 574 g/mol. The SMILES string of the molecule is CCC(Sc1cccc(NC(=O)/C(=C/c2ccco2)NC(=O)c2ccccc2)c1)C(=O)Nc1ccc(C)c(Cl)c1. The lowest BCUT2D eigenvalue weighted by molar-refractivity contribution is -0.116. The topological polar surface area (TPSA) is 100 Å². The van der Waals surface area contributed by atoms with Crippen LogP contribution >= 0.6 is 23.4 Å². The van der Waals surface area contributed by atoms with E-state index in [1.807, 2.05) is 32.0 Å². The first-order chi connectivity index (χ1) is 19.3. The molecule has 0 saturated carbocycles. The number of halogens is 1. The van der Waals surface area contributed by atoms with Crippen molar-refractivity contribution < 1.29 is 18.8 Å². The lowest BCUT2D eigenvalue weighted by Gasteiger charge is -2.16. The lowest BCUT2D eigenvalue weighted by Crippen LogP contribution is -2.30. The number of aryl methyl sites for hydroxylation is 1. The van der Waals surface area contributed by atoms with Crippen LogP contribution in [0.5, 0.6) is 0 Å². The highest BCUT2D eigenvalue weighted by Crippen LogP contribution is 2.29. The third-order valence-electron chi connectivity index (χ3n) is 5.83. The van der Waals surface area contributed by atoms with E-state index in [1.165, 1.54) is 24.1 Å². The molecule has 40 heavy (non-hydrogen) atoms. The second-order valence-corrected chi connectivity index (χ2v) is 10.5. The number of benzene rings is 3. The quantitative estimate of drug-likeness (QED) is 0.138. The molecule has 0 radical (unpaired) electrons. The predicted molar refractivity (Wildman–Crippen MR) is 160 cm³/mol. The monoisotopic (exact) mass is 573 g/mol. The highest BCUT2D eigenvalue weighted by molar-refractivity contribution is 8.00. The van der Waals surface area contributed by atoms with Crippen molar-refractivity contribution in [1.82, 2.24) is 5.32 Å². The third kappa shape index (κ3) is 7.88. The van der Waals surface area contributed by atoms with Crippen LogP contribution in [-0.2, 0) is 9.59 Å². The van der Waals surface area contributed by atoms with E-state index in [2.05, 4.69) is 16.0 Å². The molecule has 9 heteroatoms. The first-order valence-corrected chi connectivity index (χ1v) is 13.8. The summed E-state index contributed by atoms with van der Waals surface area (Å²) in [5.41, 5.74) is 2.51. The van der Waals surface area contributed by atoms with Gasteiger partial charge < -0.3 is 20.4 Å². The molecule has 0 aliphatic heterocycles. The molecule has 0 aliphatic carbocycles. The molecule has 0 aliphatic rings.